The van der Waals surface area contributed by atoms with Gasteiger partial charge >= 0.3 is 0 Å². The van der Waals surface area contributed by atoms with Crippen molar-refractivity contribution >= 4 is 50.6 Å². The van der Waals surface area contributed by atoms with Crippen LogP contribution < -0.4 is 5.32 Å². The molecule has 6 heteroatoms. The highest BCUT2D eigenvalue weighted by molar-refractivity contribution is 7.18. The predicted octanol–water partition coefficient (Wildman–Crippen LogP) is 6.76. The topological polar surface area (TPSA) is 37.8 Å². The Balaban J connectivity index is 1.67. The maximum atomic E-state index is 6.32. The minimum Gasteiger partial charge on any atom is -0.365 e. The van der Waals surface area contributed by atoms with Crippen LogP contribution in [0.3, 0.4) is 0 Å². The Kier molecular flexibility index (Phi) is 5.81. The van der Waals surface area contributed by atoms with Gasteiger partial charge in [0.1, 0.15) is 16.5 Å². The molecule has 0 fully saturated rings. The number of anilines is 1. The Hall–Kier alpha value is -2.14. The lowest BCUT2D eigenvalue weighted by atomic mass is 10.1. The third kappa shape index (κ3) is 4.30. The summed E-state index contributed by atoms with van der Waals surface area (Å²) in [5, 5.41) is 5.80. The maximum Gasteiger partial charge on any atom is 0.138 e. The molecule has 0 saturated heterocycles. The van der Waals surface area contributed by atoms with Gasteiger partial charge in [-0.05, 0) is 35.7 Å². The summed E-state index contributed by atoms with van der Waals surface area (Å²) in [6, 6.07) is 18.0. The molecular weight excluding hydrogens is 409 g/mol. The average Bonchev–Trinajstić information content (AvgIpc) is 3.11. The molecule has 0 aliphatic rings. The molecule has 0 amide bonds. The molecule has 0 aliphatic heterocycles. The molecule has 0 unspecified atom stereocenters. The van der Waals surface area contributed by atoms with Crippen molar-refractivity contribution in [2.24, 2.45) is 0 Å². The lowest BCUT2D eigenvalue weighted by molar-refractivity contribution is 0.985. The van der Waals surface area contributed by atoms with Crippen LogP contribution in [-0.4, -0.2) is 9.97 Å². The van der Waals surface area contributed by atoms with E-state index in [-0.39, 0.29) is 0 Å². The maximum absolute atomic E-state index is 6.32. The minimum absolute atomic E-state index is 0.574. The number of fused-ring (bicyclic) bond motifs is 1. The Morgan fingerprint density at radius 1 is 1.00 bits per heavy atom. The molecule has 0 atom stereocenters. The highest BCUT2D eigenvalue weighted by Gasteiger charge is 2.12. The van der Waals surface area contributed by atoms with E-state index in [0.717, 1.165) is 33.8 Å². The molecule has 0 spiro atoms. The van der Waals surface area contributed by atoms with Gasteiger partial charge in [-0.3, -0.25) is 0 Å². The van der Waals surface area contributed by atoms with Crippen LogP contribution in [0.5, 0.6) is 0 Å². The first-order valence-electron chi connectivity index (χ1n) is 9.13. The summed E-state index contributed by atoms with van der Waals surface area (Å²) >= 11 is 14.1. The second-order valence-electron chi connectivity index (χ2n) is 6.53. The number of halogens is 2. The van der Waals surface area contributed by atoms with Gasteiger partial charge in [0.25, 0.3) is 0 Å². The van der Waals surface area contributed by atoms with E-state index in [1.54, 1.807) is 17.4 Å². The van der Waals surface area contributed by atoms with Gasteiger partial charge in [-0.1, -0.05) is 66.5 Å². The summed E-state index contributed by atoms with van der Waals surface area (Å²) < 4.78 is 0. The average molecular weight is 428 g/mol. The number of aryl methyl sites for hydroxylation is 1. The van der Waals surface area contributed by atoms with E-state index in [1.165, 1.54) is 10.4 Å². The lowest BCUT2D eigenvalue weighted by Crippen LogP contribution is -2.06. The molecule has 0 aliphatic carbocycles. The Morgan fingerprint density at radius 2 is 1.82 bits per heavy atom. The summed E-state index contributed by atoms with van der Waals surface area (Å²) in [6.07, 6.45) is 1.68. The number of rotatable bonds is 6. The first kappa shape index (κ1) is 19.2. The van der Waals surface area contributed by atoms with E-state index in [1.807, 2.05) is 30.3 Å². The van der Waals surface area contributed by atoms with Crippen molar-refractivity contribution in [3.05, 3.63) is 86.5 Å². The molecule has 2 aromatic carbocycles. The van der Waals surface area contributed by atoms with Crippen molar-refractivity contribution in [2.45, 2.75) is 26.3 Å². The number of aromatic nitrogens is 2. The van der Waals surface area contributed by atoms with Crippen molar-refractivity contribution in [3.63, 3.8) is 0 Å². The van der Waals surface area contributed by atoms with Crippen LogP contribution in [0.15, 0.2) is 54.6 Å². The summed E-state index contributed by atoms with van der Waals surface area (Å²) in [6.45, 7) is 2.73. The standard InChI is InChI=1S/C22H19Cl2N3S/c1-2-17-12-18-21(25-13-15-8-9-16(23)11-19(15)24)26-20(27-22(18)28-17)10-14-6-4-3-5-7-14/h3-9,11-12H,2,10,13H2,1H3,(H,25,26,27). The quantitative estimate of drug-likeness (QED) is 0.369. The van der Waals surface area contributed by atoms with E-state index in [9.17, 15) is 0 Å². The number of hydrogen-bond acceptors (Lipinski definition) is 4. The highest BCUT2D eigenvalue weighted by Crippen LogP contribution is 2.30. The number of hydrogen-bond donors (Lipinski definition) is 1. The Labute approximate surface area is 178 Å². The zero-order chi connectivity index (χ0) is 19.5. The van der Waals surface area contributed by atoms with Crippen molar-refractivity contribution in [3.8, 4) is 0 Å². The number of thiophene rings is 1. The molecule has 0 bridgehead atoms. The second-order valence-corrected chi connectivity index (χ2v) is 8.48. The van der Waals surface area contributed by atoms with Crippen molar-refractivity contribution in [1.29, 1.82) is 0 Å². The van der Waals surface area contributed by atoms with Gasteiger partial charge < -0.3 is 5.32 Å². The lowest BCUT2D eigenvalue weighted by Gasteiger charge is -2.10. The summed E-state index contributed by atoms with van der Waals surface area (Å²) in [4.78, 5) is 11.9. The summed E-state index contributed by atoms with van der Waals surface area (Å²) in [5.41, 5.74) is 2.18. The molecule has 4 aromatic rings. The first-order valence-corrected chi connectivity index (χ1v) is 10.7. The van der Waals surface area contributed by atoms with Crippen molar-refractivity contribution in [2.75, 3.05) is 5.32 Å². The number of benzene rings is 2. The SMILES string of the molecule is CCc1cc2c(NCc3ccc(Cl)cc3Cl)nc(Cc3ccccc3)nc2s1. The van der Waals surface area contributed by atoms with Crippen molar-refractivity contribution in [1.82, 2.24) is 9.97 Å². The summed E-state index contributed by atoms with van der Waals surface area (Å²) in [7, 11) is 0. The normalized spacial score (nSPS) is 11.1. The fraction of sp³-hybridized carbons (Fsp3) is 0.182. The third-order valence-corrected chi connectivity index (χ3v) is 6.27. The smallest absolute Gasteiger partial charge is 0.138 e. The molecule has 2 aromatic heterocycles. The zero-order valence-corrected chi connectivity index (χ0v) is 17.7. The van der Waals surface area contributed by atoms with E-state index < -0.39 is 0 Å². The van der Waals surface area contributed by atoms with Crippen LogP contribution in [-0.2, 0) is 19.4 Å². The second kappa shape index (κ2) is 8.48. The van der Waals surface area contributed by atoms with Crippen molar-refractivity contribution < 1.29 is 0 Å². The van der Waals surface area contributed by atoms with E-state index in [2.05, 4.69) is 30.4 Å². The van der Waals surface area contributed by atoms with Crippen LogP contribution in [0, 0.1) is 0 Å². The van der Waals surface area contributed by atoms with Gasteiger partial charge in [-0.2, -0.15) is 0 Å². The van der Waals surface area contributed by atoms with Gasteiger partial charge in [0.2, 0.25) is 0 Å². The van der Waals surface area contributed by atoms with E-state index >= 15 is 0 Å². The molecule has 3 nitrogen and oxygen atoms in total. The van der Waals surface area contributed by atoms with Gasteiger partial charge in [-0.15, -0.1) is 11.3 Å². The van der Waals surface area contributed by atoms with Crippen LogP contribution in [0.1, 0.15) is 28.8 Å². The van der Waals surface area contributed by atoms with E-state index in [0.29, 0.717) is 23.0 Å². The fourth-order valence-electron chi connectivity index (χ4n) is 3.03. The molecular formula is C22H19Cl2N3S. The van der Waals surface area contributed by atoms with Crippen LogP contribution in [0.4, 0.5) is 5.82 Å². The minimum atomic E-state index is 0.574. The van der Waals surface area contributed by atoms with Crippen LogP contribution >= 0.6 is 34.5 Å². The number of nitrogens with zero attached hydrogens (tertiary/aromatic N) is 2. The molecule has 4 rings (SSSR count). The largest absolute Gasteiger partial charge is 0.365 e. The van der Waals surface area contributed by atoms with Gasteiger partial charge in [0.15, 0.2) is 0 Å². The Bertz CT molecular complexity index is 1110. The van der Waals surface area contributed by atoms with Gasteiger partial charge in [-0.25, -0.2) is 9.97 Å². The van der Waals surface area contributed by atoms with Gasteiger partial charge in [0.05, 0.1) is 5.39 Å². The van der Waals surface area contributed by atoms with Crippen LogP contribution in [0.25, 0.3) is 10.2 Å². The predicted molar refractivity (Wildman–Crippen MR) is 120 cm³/mol. The first-order chi connectivity index (χ1) is 13.6. The third-order valence-electron chi connectivity index (χ3n) is 4.51. The zero-order valence-electron chi connectivity index (χ0n) is 15.4. The molecule has 28 heavy (non-hydrogen) atoms. The fourth-order valence-corrected chi connectivity index (χ4v) is 4.49. The molecule has 1 N–H and O–H groups in total. The van der Waals surface area contributed by atoms with Gasteiger partial charge in [0, 0.05) is 27.9 Å². The van der Waals surface area contributed by atoms with Crippen LogP contribution in [0.2, 0.25) is 10.0 Å². The number of nitrogens with one attached hydrogen (secondary N) is 1. The molecule has 0 radical (unpaired) electrons. The highest BCUT2D eigenvalue weighted by atomic mass is 35.5. The summed E-state index contributed by atoms with van der Waals surface area (Å²) in [5.74, 6) is 1.66. The monoisotopic (exact) mass is 427 g/mol. The molecule has 142 valence electrons. The molecule has 2 heterocycles. The van der Waals surface area contributed by atoms with E-state index in [4.69, 9.17) is 33.2 Å². The Morgan fingerprint density at radius 3 is 2.57 bits per heavy atom. The molecule has 0 saturated carbocycles.